The largest absolute Gasteiger partial charge is 0.493 e. The average Bonchev–Trinajstić information content (AvgIpc) is 3.41. The summed E-state index contributed by atoms with van der Waals surface area (Å²) >= 11 is 0. The second kappa shape index (κ2) is 10.3. The lowest BCUT2D eigenvalue weighted by molar-refractivity contribution is -0.152. The van der Waals surface area contributed by atoms with Crippen LogP contribution in [0.5, 0.6) is 11.5 Å². The van der Waals surface area contributed by atoms with Crippen molar-refractivity contribution >= 4 is 17.8 Å². The minimum Gasteiger partial charge on any atom is -0.493 e. The lowest BCUT2D eigenvalue weighted by Gasteiger charge is -2.23. The molecule has 1 aromatic carbocycles. The Morgan fingerprint density at radius 1 is 1.13 bits per heavy atom. The Labute approximate surface area is 176 Å². The first-order valence-electron chi connectivity index (χ1n) is 10.5. The molecule has 2 fully saturated rings. The minimum atomic E-state index is -0.474. The van der Waals surface area contributed by atoms with Gasteiger partial charge in [0.1, 0.15) is 0 Å². The Morgan fingerprint density at radius 2 is 1.87 bits per heavy atom. The van der Waals surface area contributed by atoms with Gasteiger partial charge >= 0.3 is 5.97 Å². The first-order valence-corrected chi connectivity index (χ1v) is 10.5. The molecule has 0 spiro atoms. The molecule has 8 heteroatoms. The van der Waals surface area contributed by atoms with Crippen molar-refractivity contribution in [2.45, 2.75) is 44.6 Å². The van der Waals surface area contributed by atoms with Crippen LogP contribution >= 0.6 is 0 Å². The first kappa shape index (κ1) is 21.9. The number of amides is 2. The first-order chi connectivity index (χ1) is 14.5. The Bertz CT molecular complexity index is 775. The smallest absolute Gasteiger partial charge is 0.311 e. The monoisotopic (exact) mass is 418 g/mol. The van der Waals surface area contributed by atoms with E-state index >= 15 is 0 Å². The summed E-state index contributed by atoms with van der Waals surface area (Å²) in [6.45, 7) is 0.478. The molecular formula is C22H30N2O6. The van der Waals surface area contributed by atoms with Crippen molar-refractivity contribution < 1.29 is 28.6 Å². The lowest BCUT2D eigenvalue weighted by Crippen LogP contribution is -2.35. The summed E-state index contributed by atoms with van der Waals surface area (Å²) in [5.74, 6) is -0.0114. The molecule has 1 aromatic rings. The minimum absolute atomic E-state index is 0.0169. The quantitative estimate of drug-likeness (QED) is 0.614. The number of carbonyl (C=O) groups is 3. The van der Waals surface area contributed by atoms with Gasteiger partial charge in [0.05, 0.1) is 20.1 Å². The van der Waals surface area contributed by atoms with Crippen molar-refractivity contribution in [2.75, 3.05) is 33.9 Å². The second-order valence-corrected chi connectivity index (χ2v) is 7.78. The van der Waals surface area contributed by atoms with E-state index in [4.69, 9.17) is 14.2 Å². The fraction of sp³-hybridized carbons (Fsp3) is 0.591. The fourth-order valence-corrected chi connectivity index (χ4v) is 4.15. The van der Waals surface area contributed by atoms with Crippen molar-refractivity contribution in [3.63, 3.8) is 0 Å². The number of benzene rings is 1. The van der Waals surface area contributed by atoms with Gasteiger partial charge in [-0.25, -0.2) is 0 Å². The number of nitrogens with one attached hydrogen (secondary N) is 1. The maximum absolute atomic E-state index is 12.3. The third-order valence-electron chi connectivity index (χ3n) is 5.79. The summed E-state index contributed by atoms with van der Waals surface area (Å²) in [6.07, 6.45) is 5.07. The molecule has 8 nitrogen and oxygen atoms in total. The molecule has 1 heterocycles. The summed E-state index contributed by atoms with van der Waals surface area (Å²) in [5.41, 5.74) is 0.987. The molecule has 1 saturated carbocycles. The molecule has 1 aliphatic carbocycles. The molecule has 0 aromatic heterocycles. The summed E-state index contributed by atoms with van der Waals surface area (Å²) in [5, 5.41) is 2.74. The predicted octanol–water partition coefficient (Wildman–Crippen LogP) is 1.70. The van der Waals surface area contributed by atoms with E-state index in [0.717, 1.165) is 31.2 Å². The molecule has 164 valence electrons. The van der Waals surface area contributed by atoms with Gasteiger partial charge in [-0.1, -0.05) is 18.9 Å². The van der Waals surface area contributed by atoms with Crippen LogP contribution in [0.2, 0.25) is 0 Å². The zero-order chi connectivity index (χ0) is 21.5. The van der Waals surface area contributed by atoms with Gasteiger partial charge in [-0.15, -0.1) is 0 Å². The third kappa shape index (κ3) is 5.43. The molecule has 2 amide bonds. The van der Waals surface area contributed by atoms with Crippen molar-refractivity contribution in [1.29, 1.82) is 0 Å². The maximum Gasteiger partial charge on any atom is 0.311 e. The molecule has 1 saturated heterocycles. The highest BCUT2D eigenvalue weighted by Crippen LogP contribution is 2.30. The van der Waals surface area contributed by atoms with Gasteiger partial charge < -0.3 is 24.4 Å². The van der Waals surface area contributed by atoms with E-state index in [2.05, 4.69) is 5.32 Å². The van der Waals surface area contributed by atoms with Crippen LogP contribution in [0.4, 0.5) is 0 Å². The van der Waals surface area contributed by atoms with Crippen LogP contribution in [-0.2, 0) is 25.5 Å². The number of ether oxygens (including phenoxy) is 3. The van der Waals surface area contributed by atoms with Crippen LogP contribution in [0.15, 0.2) is 18.2 Å². The fourth-order valence-electron chi connectivity index (χ4n) is 4.15. The van der Waals surface area contributed by atoms with Crippen LogP contribution < -0.4 is 14.8 Å². The van der Waals surface area contributed by atoms with E-state index in [1.807, 2.05) is 23.1 Å². The molecule has 2 aliphatic rings. The Morgan fingerprint density at radius 3 is 2.57 bits per heavy atom. The number of esters is 1. The molecule has 3 rings (SSSR count). The molecule has 30 heavy (non-hydrogen) atoms. The van der Waals surface area contributed by atoms with Gasteiger partial charge in [0.2, 0.25) is 5.91 Å². The SMILES string of the molecule is COc1ccc(CCNC(=O)COC(=O)[C@@H]2CC(=O)N(C3CCCC3)C2)cc1OC. The highest BCUT2D eigenvalue weighted by atomic mass is 16.5. The number of hydrogen-bond acceptors (Lipinski definition) is 6. The number of rotatable bonds is 9. The van der Waals surface area contributed by atoms with Crippen LogP contribution in [0, 0.1) is 5.92 Å². The van der Waals surface area contributed by atoms with E-state index in [9.17, 15) is 14.4 Å². The van der Waals surface area contributed by atoms with Crippen LogP contribution in [-0.4, -0.2) is 62.6 Å². The van der Waals surface area contributed by atoms with Crippen molar-refractivity contribution in [2.24, 2.45) is 5.92 Å². The third-order valence-corrected chi connectivity index (χ3v) is 5.79. The Balaban J connectivity index is 1.37. The van der Waals surface area contributed by atoms with Gasteiger partial charge in [0.25, 0.3) is 5.91 Å². The number of nitrogens with zero attached hydrogens (tertiary/aromatic N) is 1. The van der Waals surface area contributed by atoms with Gasteiger partial charge in [-0.05, 0) is 37.0 Å². The number of carbonyl (C=O) groups excluding carboxylic acids is 3. The van der Waals surface area contributed by atoms with Crippen molar-refractivity contribution in [3.05, 3.63) is 23.8 Å². The Hall–Kier alpha value is -2.77. The van der Waals surface area contributed by atoms with Crippen molar-refractivity contribution in [3.8, 4) is 11.5 Å². The van der Waals surface area contributed by atoms with E-state index in [1.165, 1.54) is 0 Å². The van der Waals surface area contributed by atoms with Crippen LogP contribution in [0.3, 0.4) is 0 Å². The number of methoxy groups -OCH3 is 2. The number of hydrogen-bond donors (Lipinski definition) is 1. The number of likely N-dealkylation sites (tertiary alicyclic amines) is 1. The second-order valence-electron chi connectivity index (χ2n) is 7.78. The van der Waals surface area contributed by atoms with E-state index < -0.39 is 11.9 Å². The molecule has 1 aliphatic heterocycles. The summed E-state index contributed by atoms with van der Waals surface area (Å²) < 4.78 is 15.6. The van der Waals surface area contributed by atoms with Crippen LogP contribution in [0.1, 0.15) is 37.7 Å². The normalized spacial score (nSPS) is 19.1. The van der Waals surface area contributed by atoms with E-state index in [0.29, 0.717) is 31.0 Å². The predicted molar refractivity (Wildman–Crippen MR) is 109 cm³/mol. The molecule has 1 N–H and O–H groups in total. The Kier molecular flexibility index (Phi) is 7.54. The molecule has 0 bridgehead atoms. The summed E-state index contributed by atoms with van der Waals surface area (Å²) in [7, 11) is 3.15. The lowest BCUT2D eigenvalue weighted by atomic mass is 10.1. The van der Waals surface area contributed by atoms with Crippen molar-refractivity contribution in [1.82, 2.24) is 10.2 Å². The maximum atomic E-state index is 12.3. The highest BCUT2D eigenvalue weighted by Gasteiger charge is 2.39. The zero-order valence-electron chi connectivity index (χ0n) is 17.6. The van der Waals surface area contributed by atoms with Gasteiger partial charge in [-0.3, -0.25) is 14.4 Å². The van der Waals surface area contributed by atoms with Gasteiger partial charge in [-0.2, -0.15) is 0 Å². The summed E-state index contributed by atoms with van der Waals surface area (Å²) in [4.78, 5) is 38.3. The topological polar surface area (TPSA) is 94.2 Å². The van der Waals surface area contributed by atoms with Gasteiger partial charge in [0, 0.05) is 25.6 Å². The summed E-state index contributed by atoms with van der Waals surface area (Å²) in [6, 6.07) is 5.84. The van der Waals surface area contributed by atoms with Gasteiger partial charge in [0.15, 0.2) is 18.1 Å². The molecule has 0 unspecified atom stereocenters. The van der Waals surface area contributed by atoms with E-state index in [1.54, 1.807) is 14.2 Å². The average molecular weight is 418 g/mol. The van der Waals surface area contributed by atoms with Crippen LogP contribution in [0.25, 0.3) is 0 Å². The highest BCUT2D eigenvalue weighted by molar-refractivity contribution is 5.88. The molecular weight excluding hydrogens is 388 g/mol. The molecule has 0 radical (unpaired) electrons. The standard InChI is InChI=1S/C22H30N2O6/c1-28-18-8-7-15(11-19(18)29-2)9-10-23-20(25)14-30-22(27)16-12-21(26)24(13-16)17-5-3-4-6-17/h7-8,11,16-17H,3-6,9-10,12-14H2,1-2H3,(H,23,25)/t16-/m1/s1. The van der Waals surface area contributed by atoms with E-state index in [-0.39, 0.29) is 30.9 Å². The molecule has 1 atom stereocenters. The zero-order valence-corrected chi connectivity index (χ0v) is 17.6.